The van der Waals surface area contributed by atoms with Gasteiger partial charge in [0.25, 0.3) is 0 Å². The van der Waals surface area contributed by atoms with Gasteiger partial charge in [0, 0.05) is 5.69 Å². The van der Waals surface area contributed by atoms with Gasteiger partial charge in [-0.05, 0) is 48.9 Å². The minimum absolute atomic E-state index is 0.0796. The third-order valence-electron chi connectivity index (χ3n) is 3.17. The topological polar surface area (TPSA) is 73.9 Å². The number of carbonyl (C=O) groups excluding carboxylic acids is 2. The van der Waals surface area contributed by atoms with Gasteiger partial charge in [-0.1, -0.05) is 6.07 Å². The summed E-state index contributed by atoms with van der Waals surface area (Å²) in [5, 5.41) is 2.53. The van der Waals surface area contributed by atoms with E-state index < -0.39 is 17.9 Å². The van der Waals surface area contributed by atoms with Gasteiger partial charge in [0.2, 0.25) is 0 Å². The van der Waals surface area contributed by atoms with Gasteiger partial charge in [-0.2, -0.15) is 0 Å². The molecule has 0 aliphatic rings. The number of methoxy groups -OCH3 is 1. The summed E-state index contributed by atoms with van der Waals surface area (Å²) >= 11 is 0. The van der Waals surface area contributed by atoms with Crippen molar-refractivity contribution in [1.29, 1.82) is 0 Å². The first-order valence-electron chi connectivity index (χ1n) is 7.58. The normalized spacial score (nSPS) is 10.0. The molecule has 2 aromatic rings. The van der Waals surface area contributed by atoms with E-state index in [2.05, 4.69) is 5.32 Å². The van der Waals surface area contributed by atoms with Crippen LogP contribution in [0.4, 0.5) is 14.9 Å². The summed E-state index contributed by atoms with van der Waals surface area (Å²) in [6.45, 7) is 1.98. The molecule has 25 heavy (non-hydrogen) atoms. The minimum atomic E-state index is -0.561. The smallest absolute Gasteiger partial charge is 0.411 e. The Bertz CT molecular complexity index is 746. The molecular formula is C18H18FNO5. The molecule has 2 rings (SSSR count). The highest BCUT2D eigenvalue weighted by atomic mass is 19.1. The quantitative estimate of drug-likeness (QED) is 0.639. The van der Waals surface area contributed by atoms with E-state index in [4.69, 9.17) is 14.2 Å². The number of amides is 1. The van der Waals surface area contributed by atoms with Crippen LogP contribution in [0.15, 0.2) is 42.5 Å². The van der Waals surface area contributed by atoms with E-state index >= 15 is 0 Å². The highest BCUT2D eigenvalue weighted by Gasteiger charge is 2.10. The first-order chi connectivity index (χ1) is 12.0. The van der Waals surface area contributed by atoms with Gasteiger partial charge in [-0.3, -0.25) is 10.1 Å². The van der Waals surface area contributed by atoms with Crippen molar-refractivity contribution in [3.8, 4) is 11.5 Å². The number of rotatable bonds is 6. The number of ether oxygens (including phenoxy) is 3. The average molecular weight is 347 g/mol. The Morgan fingerprint density at radius 3 is 2.44 bits per heavy atom. The number of hydrogen-bond donors (Lipinski definition) is 1. The number of benzene rings is 2. The maximum Gasteiger partial charge on any atom is 0.411 e. The zero-order valence-electron chi connectivity index (χ0n) is 13.9. The van der Waals surface area contributed by atoms with Crippen molar-refractivity contribution in [3.63, 3.8) is 0 Å². The standard InChI is InChI=1S/C18H18FNO5/c1-3-24-18(22)20-13-5-7-14(8-6-13)25-17(21)11-12-4-9-16(23-2)15(19)10-12/h4-10H,3,11H2,1-2H3,(H,20,22). The number of nitrogens with one attached hydrogen (secondary N) is 1. The monoisotopic (exact) mass is 347 g/mol. The third kappa shape index (κ3) is 5.49. The largest absolute Gasteiger partial charge is 0.494 e. The summed E-state index contributed by atoms with van der Waals surface area (Å²) in [6, 6.07) is 10.5. The molecule has 0 aliphatic heterocycles. The third-order valence-corrected chi connectivity index (χ3v) is 3.17. The van der Waals surface area contributed by atoms with Crippen molar-refractivity contribution in [2.45, 2.75) is 13.3 Å². The van der Waals surface area contributed by atoms with Crippen LogP contribution < -0.4 is 14.8 Å². The lowest BCUT2D eigenvalue weighted by molar-refractivity contribution is -0.133. The van der Waals surface area contributed by atoms with E-state index in [-0.39, 0.29) is 18.8 Å². The average Bonchev–Trinajstić information content (AvgIpc) is 2.57. The number of halogens is 1. The van der Waals surface area contributed by atoms with Crippen LogP contribution in [0.1, 0.15) is 12.5 Å². The Morgan fingerprint density at radius 1 is 1.12 bits per heavy atom. The van der Waals surface area contributed by atoms with Crippen LogP contribution in [0, 0.1) is 5.82 Å². The minimum Gasteiger partial charge on any atom is -0.494 e. The van der Waals surface area contributed by atoms with Crippen LogP contribution in [0.5, 0.6) is 11.5 Å². The Morgan fingerprint density at radius 2 is 1.84 bits per heavy atom. The Hall–Kier alpha value is -3.09. The molecule has 1 amide bonds. The van der Waals surface area contributed by atoms with Gasteiger partial charge in [0.15, 0.2) is 11.6 Å². The molecule has 0 unspecified atom stereocenters. The molecule has 0 aliphatic carbocycles. The van der Waals surface area contributed by atoms with Gasteiger partial charge < -0.3 is 14.2 Å². The molecule has 1 N–H and O–H groups in total. The Balaban J connectivity index is 1.92. The fourth-order valence-electron chi connectivity index (χ4n) is 2.05. The van der Waals surface area contributed by atoms with Gasteiger partial charge in [0.05, 0.1) is 20.1 Å². The van der Waals surface area contributed by atoms with E-state index in [1.807, 2.05) is 0 Å². The molecule has 0 radical (unpaired) electrons. The zero-order chi connectivity index (χ0) is 18.2. The molecule has 132 valence electrons. The molecule has 7 heteroatoms. The maximum absolute atomic E-state index is 13.6. The van der Waals surface area contributed by atoms with Crippen molar-refractivity contribution in [2.24, 2.45) is 0 Å². The van der Waals surface area contributed by atoms with E-state index in [0.717, 1.165) is 0 Å². The van der Waals surface area contributed by atoms with Crippen LogP contribution >= 0.6 is 0 Å². The van der Waals surface area contributed by atoms with Gasteiger partial charge in [0.1, 0.15) is 5.75 Å². The molecule has 0 saturated heterocycles. The van der Waals surface area contributed by atoms with E-state index in [9.17, 15) is 14.0 Å². The van der Waals surface area contributed by atoms with E-state index in [1.165, 1.54) is 31.4 Å². The first kappa shape index (κ1) is 18.3. The fourth-order valence-corrected chi connectivity index (χ4v) is 2.05. The Kier molecular flexibility index (Phi) is 6.33. The summed E-state index contributed by atoms with van der Waals surface area (Å²) in [4.78, 5) is 23.2. The summed E-state index contributed by atoms with van der Waals surface area (Å²) in [6.07, 6.45) is -0.641. The number of carbonyl (C=O) groups is 2. The van der Waals surface area contributed by atoms with Crippen LogP contribution in [0.25, 0.3) is 0 Å². The van der Waals surface area contributed by atoms with Gasteiger partial charge in [-0.25, -0.2) is 9.18 Å². The number of hydrogen-bond acceptors (Lipinski definition) is 5. The molecule has 2 aromatic carbocycles. The van der Waals surface area contributed by atoms with Crippen LogP contribution in [-0.2, 0) is 16.0 Å². The fraction of sp³-hybridized carbons (Fsp3) is 0.222. The molecular weight excluding hydrogens is 329 g/mol. The van der Waals surface area contributed by atoms with Crippen molar-refractivity contribution in [3.05, 3.63) is 53.8 Å². The van der Waals surface area contributed by atoms with Crippen molar-refractivity contribution in [1.82, 2.24) is 0 Å². The maximum atomic E-state index is 13.6. The van der Waals surface area contributed by atoms with Gasteiger partial charge in [-0.15, -0.1) is 0 Å². The molecule has 0 saturated carbocycles. The second-order valence-electron chi connectivity index (χ2n) is 4.99. The highest BCUT2D eigenvalue weighted by Crippen LogP contribution is 2.19. The lowest BCUT2D eigenvalue weighted by Crippen LogP contribution is -2.13. The molecule has 0 atom stereocenters. The van der Waals surface area contributed by atoms with Crippen molar-refractivity contribution >= 4 is 17.7 Å². The van der Waals surface area contributed by atoms with Crippen LogP contribution in [0.3, 0.4) is 0 Å². The molecule has 0 bridgehead atoms. The summed E-state index contributed by atoms with van der Waals surface area (Å²) in [5.74, 6) is -0.645. The predicted octanol–water partition coefficient (Wildman–Crippen LogP) is 3.55. The summed E-state index contributed by atoms with van der Waals surface area (Å²) in [5.41, 5.74) is 0.986. The van der Waals surface area contributed by atoms with Crippen molar-refractivity contribution < 1.29 is 28.2 Å². The molecule has 0 aromatic heterocycles. The predicted molar refractivity (Wildman–Crippen MR) is 89.4 cm³/mol. The van der Waals surface area contributed by atoms with Crippen LogP contribution in [-0.4, -0.2) is 25.8 Å². The molecule has 0 fully saturated rings. The zero-order valence-corrected chi connectivity index (χ0v) is 13.9. The summed E-state index contributed by atoms with van der Waals surface area (Å²) < 4.78 is 28.4. The van der Waals surface area contributed by atoms with Crippen LogP contribution in [0.2, 0.25) is 0 Å². The molecule has 0 spiro atoms. The lowest BCUT2D eigenvalue weighted by Gasteiger charge is -2.08. The lowest BCUT2D eigenvalue weighted by atomic mass is 10.1. The van der Waals surface area contributed by atoms with E-state index in [0.29, 0.717) is 17.0 Å². The molecule has 0 heterocycles. The Labute approximate surface area is 144 Å². The van der Waals surface area contributed by atoms with E-state index in [1.54, 1.807) is 25.1 Å². The first-order valence-corrected chi connectivity index (χ1v) is 7.58. The molecule has 6 nitrogen and oxygen atoms in total. The number of esters is 1. The van der Waals surface area contributed by atoms with Crippen molar-refractivity contribution in [2.75, 3.05) is 19.0 Å². The second-order valence-corrected chi connectivity index (χ2v) is 4.99. The van der Waals surface area contributed by atoms with Gasteiger partial charge >= 0.3 is 12.1 Å². The highest BCUT2D eigenvalue weighted by molar-refractivity contribution is 5.84. The second kappa shape index (κ2) is 8.68. The number of anilines is 1. The summed E-state index contributed by atoms with van der Waals surface area (Å²) in [7, 11) is 1.37. The SMILES string of the molecule is CCOC(=O)Nc1ccc(OC(=O)Cc2ccc(OC)c(F)c2)cc1.